The topological polar surface area (TPSA) is 21.7 Å². The summed E-state index contributed by atoms with van der Waals surface area (Å²) >= 11 is 0. The number of likely N-dealkylation sites (tertiary alicyclic amines) is 1. The van der Waals surface area contributed by atoms with Crippen LogP contribution in [0.25, 0.3) is 21.5 Å². The lowest BCUT2D eigenvalue weighted by molar-refractivity contribution is 0.238. The predicted molar refractivity (Wildman–Crippen MR) is 153 cm³/mol. The van der Waals surface area contributed by atoms with Gasteiger partial charge in [0.05, 0.1) is 7.11 Å². The second-order valence-corrected chi connectivity index (χ2v) is 9.87. The fraction of sp³-hybridized carbons (Fsp3) is 0.235. The molecule has 1 aliphatic rings. The molecule has 0 bridgehead atoms. The lowest BCUT2D eigenvalue weighted by atomic mass is 9.81. The average molecular weight is 488 g/mol. The Kier molecular flexibility index (Phi) is 6.79. The number of methoxy groups -OCH3 is 1. The Hall–Kier alpha value is -3.82. The second-order valence-electron chi connectivity index (χ2n) is 9.87. The second kappa shape index (κ2) is 10.7. The third-order valence-electron chi connectivity index (χ3n) is 7.65. The van der Waals surface area contributed by atoms with Crippen LogP contribution in [0.15, 0.2) is 103 Å². The van der Waals surface area contributed by atoms with E-state index in [-0.39, 0.29) is 5.92 Å². The summed E-state index contributed by atoms with van der Waals surface area (Å²) in [5, 5.41) is 5.07. The maximum absolute atomic E-state index is 6.12. The van der Waals surface area contributed by atoms with Gasteiger partial charge in [0.2, 0.25) is 0 Å². The van der Waals surface area contributed by atoms with Gasteiger partial charge in [0.15, 0.2) is 0 Å². The molecule has 1 saturated heterocycles. The Balaban J connectivity index is 1.43. The van der Waals surface area contributed by atoms with E-state index in [1.807, 2.05) is 6.07 Å². The fourth-order valence-electron chi connectivity index (χ4n) is 5.81. The number of benzene rings is 5. The van der Waals surface area contributed by atoms with Crippen LogP contribution in [-0.2, 0) is 0 Å². The van der Waals surface area contributed by atoms with E-state index < -0.39 is 0 Å². The summed E-state index contributed by atoms with van der Waals surface area (Å²) in [6.07, 6.45) is 2.62. The van der Waals surface area contributed by atoms with Crippen LogP contribution >= 0.6 is 0 Å². The molecule has 1 atom stereocenters. The van der Waals surface area contributed by atoms with Crippen molar-refractivity contribution in [1.82, 2.24) is 4.90 Å². The minimum atomic E-state index is 0.0179. The summed E-state index contributed by atoms with van der Waals surface area (Å²) in [5.74, 6) is 1.84. The largest absolute Gasteiger partial charge is 0.496 e. The first kappa shape index (κ1) is 23.6. The Labute approximate surface area is 219 Å². The van der Waals surface area contributed by atoms with Gasteiger partial charge < -0.3 is 9.47 Å². The quantitative estimate of drug-likeness (QED) is 0.166. The molecule has 5 aromatic rings. The SMILES string of the molecule is COc1ccccc1C(c1ccc(OCCN2CCCC2)cc1)c1cc2ccccc2c2ccccc12. The van der Waals surface area contributed by atoms with Gasteiger partial charge in [-0.05, 0) is 82.9 Å². The van der Waals surface area contributed by atoms with Crippen molar-refractivity contribution in [3.8, 4) is 11.5 Å². The molecule has 6 rings (SSSR count). The minimum absolute atomic E-state index is 0.0179. The number of hydrogen-bond acceptors (Lipinski definition) is 3. The van der Waals surface area contributed by atoms with Gasteiger partial charge in [0.25, 0.3) is 0 Å². The molecule has 1 heterocycles. The van der Waals surface area contributed by atoms with Crippen LogP contribution in [0, 0.1) is 0 Å². The zero-order valence-electron chi connectivity index (χ0n) is 21.4. The van der Waals surface area contributed by atoms with E-state index >= 15 is 0 Å². The standard InChI is InChI=1S/C34H33NO2/c1-36-33-15-7-6-14-31(33)34(25-16-18-27(19-17-25)37-23-22-35-20-8-9-21-35)32-24-26-10-2-3-11-28(26)29-12-4-5-13-30(29)32/h2-7,10-19,24,34H,8-9,20-23H2,1H3. The van der Waals surface area contributed by atoms with E-state index in [2.05, 4.69) is 102 Å². The van der Waals surface area contributed by atoms with E-state index in [9.17, 15) is 0 Å². The van der Waals surface area contributed by atoms with Gasteiger partial charge in [-0.3, -0.25) is 4.90 Å². The Morgan fingerprint density at radius 2 is 1.38 bits per heavy atom. The molecule has 3 heteroatoms. The fourth-order valence-corrected chi connectivity index (χ4v) is 5.81. The van der Waals surface area contributed by atoms with Gasteiger partial charge >= 0.3 is 0 Å². The van der Waals surface area contributed by atoms with Crippen LogP contribution in [0.2, 0.25) is 0 Å². The predicted octanol–water partition coefficient (Wildman–Crippen LogP) is 7.66. The molecule has 5 aromatic carbocycles. The molecule has 1 aliphatic heterocycles. The maximum atomic E-state index is 6.12. The van der Waals surface area contributed by atoms with E-state index in [4.69, 9.17) is 9.47 Å². The van der Waals surface area contributed by atoms with E-state index in [1.54, 1.807) is 7.11 Å². The molecule has 0 amide bonds. The molecule has 1 unspecified atom stereocenters. The van der Waals surface area contributed by atoms with Crippen molar-refractivity contribution in [2.24, 2.45) is 0 Å². The number of ether oxygens (including phenoxy) is 2. The average Bonchev–Trinajstić information content (AvgIpc) is 3.48. The van der Waals surface area contributed by atoms with Gasteiger partial charge in [0.1, 0.15) is 18.1 Å². The number of fused-ring (bicyclic) bond motifs is 3. The van der Waals surface area contributed by atoms with Crippen LogP contribution < -0.4 is 9.47 Å². The Morgan fingerprint density at radius 1 is 0.703 bits per heavy atom. The molecular weight excluding hydrogens is 454 g/mol. The number of nitrogens with zero attached hydrogens (tertiary/aromatic N) is 1. The van der Waals surface area contributed by atoms with Gasteiger partial charge in [-0.15, -0.1) is 0 Å². The highest BCUT2D eigenvalue weighted by Crippen LogP contribution is 2.42. The minimum Gasteiger partial charge on any atom is -0.496 e. The molecular formula is C34H33NO2. The van der Waals surface area contributed by atoms with Crippen molar-refractivity contribution in [2.75, 3.05) is 33.4 Å². The highest BCUT2D eigenvalue weighted by molar-refractivity contribution is 6.09. The van der Waals surface area contributed by atoms with Crippen molar-refractivity contribution in [1.29, 1.82) is 0 Å². The molecule has 3 nitrogen and oxygen atoms in total. The summed E-state index contributed by atoms with van der Waals surface area (Å²) in [7, 11) is 1.76. The van der Waals surface area contributed by atoms with Crippen molar-refractivity contribution in [3.63, 3.8) is 0 Å². The zero-order valence-corrected chi connectivity index (χ0v) is 21.4. The summed E-state index contributed by atoms with van der Waals surface area (Å²) in [6, 6.07) is 36.8. The third kappa shape index (κ3) is 4.80. The molecule has 1 fully saturated rings. The van der Waals surface area contributed by atoms with Crippen LogP contribution in [0.3, 0.4) is 0 Å². The smallest absolute Gasteiger partial charge is 0.123 e. The van der Waals surface area contributed by atoms with Crippen LogP contribution in [0.4, 0.5) is 0 Å². The lowest BCUT2D eigenvalue weighted by Crippen LogP contribution is -2.25. The summed E-state index contributed by atoms with van der Waals surface area (Å²) in [5.41, 5.74) is 3.66. The van der Waals surface area contributed by atoms with Crippen LogP contribution in [0.5, 0.6) is 11.5 Å². The summed E-state index contributed by atoms with van der Waals surface area (Å²) < 4.78 is 12.0. The lowest BCUT2D eigenvalue weighted by Gasteiger charge is -2.24. The van der Waals surface area contributed by atoms with Crippen molar-refractivity contribution in [2.45, 2.75) is 18.8 Å². The Morgan fingerprint density at radius 3 is 2.16 bits per heavy atom. The molecule has 0 spiro atoms. The van der Waals surface area contributed by atoms with Gasteiger partial charge in [-0.1, -0.05) is 78.9 Å². The van der Waals surface area contributed by atoms with Gasteiger partial charge in [-0.25, -0.2) is 0 Å². The molecule has 0 N–H and O–H groups in total. The van der Waals surface area contributed by atoms with Crippen molar-refractivity contribution < 1.29 is 9.47 Å². The van der Waals surface area contributed by atoms with Crippen molar-refractivity contribution >= 4 is 21.5 Å². The van der Waals surface area contributed by atoms with Crippen LogP contribution in [0.1, 0.15) is 35.4 Å². The molecule has 0 aliphatic carbocycles. The third-order valence-corrected chi connectivity index (χ3v) is 7.65. The van der Waals surface area contributed by atoms with Crippen LogP contribution in [-0.4, -0.2) is 38.3 Å². The van der Waals surface area contributed by atoms with Gasteiger partial charge in [-0.2, -0.15) is 0 Å². The highest BCUT2D eigenvalue weighted by Gasteiger charge is 2.23. The monoisotopic (exact) mass is 487 g/mol. The number of para-hydroxylation sites is 1. The van der Waals surface area contributed by atoms with E-state index in [1.165, 1.54) is 58.6 Å². The summed E-state index contributed by atoms with van der Waals surface area (Å²) in [4.78, 5) is 2.48. The Bertz CT molecular complexity index is 1500. The molecule has 37 heavy (non-hydrogen) atoms. The molecule has 0 radical (unpaired) electrons. The number of rotatable bonds is 8. The first-order valence-corrected chi connectivity index (χ1v) is 13.3. The summed E-state index contributed by atoms with van der Waals surface area (Å²) in [6.45, 7) is 4.12. The van der Waals surface area contributed by atoms with Gasteiger partial charge in [0, 0.05) is 18.0 Å². The normalized spacial score (nSPS) is 14.7. The highest BCUT2D eigenvalue weighted by atomic mass is 16.5. The molecule has 0 saturated carbocycles. The van der Waals surface area contributed by atoms with E-state index in [0.717, 1.165) is 30.2 Å². The molecule has 0 aromatic heterocycles. The molecule has 186 valence electrons. The first-order chi connectivity index (χ1) is 18.3. The first-order valence-electron chi connectivity index (χ1n) is 13.3. The zero-order chi connectivity index (χ0) is 25.0. The maximum Gasteiger partial charge on any atom is 0.123 e. The van der Waals surface area contributed by atoms with E-state index in [0.29, 0.717) is 0 Å². The number of hydrogen-bond donors (Lipinski definition) is 0. The van der Waals surface area contributed by atoms with Crippen molar-refractivity contribution in [3.05, 3.63) is 120 Å².